The average molecular weight is 281 g/mol. The summed E-state index contributed by atoms with van der Waals surface area (Å²) in [7, 11) is 0. The minimum Gasteiger partial charge on any atom is -0.542 e. The Labute approximate surface area is 106 Å². The molecule has 0 fully saturated rings. The zero-order valence-corrected chi connectivity index (χ0v) is 9.29. The third kappa shape index (κ3) is 5.04. The molecule has 0 atom stereocenters. The summed E-state index contributed by atoms with van der Waals surface area (Å²) in [4.78, 5) is 19.7. The molecule has 1 radical (unpaired) electrons. The number of hydrogen-bond donors (Lipinski definition) is 0. The summed E-state index contributed by atoms with van der Waals surface area (Å²) in [6, 6.07) is 5.64. The van der Waals surface area contributed by atoms with Gasteiger partial charge in [0.05, 0.1) is 12.5 Å². The predicted molar refractivity (Wildman–Crippen MR) is 46.1 cm³/mol. The second-order valence-corrected chi connectivity index (χ2v) is 2.53. The van der Waals surface area contributed by atoms with Gasteiger partial charge in [-0.05, 0) is 24.3 Å². The van der Waals surface area contributed by atoms with Crippen molar-refractivity contribution in [3.05, 3.63) is 48.3 Å². The molecular weight excluding hydrogens is 275 g/mol. The van der Waals surface area contributed by atoms with Gasteiger partial charge in [-0.15, -0.1) is 0 Å². The Morgan fingerprint density at radius 1 is 0.882 bits per heavy atom. The summed E-state index contributed by atoms with van der Waals surface area (Å²) >= 11 is 0. The Morgan fingerprint density at radius 2 is 1.24 bits per heavy atom. The molecule has 0 saturated carbocycles. The van der Waals surface area contributed by atoms with Crippen LogP contribution < -0.4 is 10.2 Å². The van der Waals surface area contributed by atoms with E-state index in [9.17, 15) is 19.8 Å². The van der Waals surface area contributed by atoms with Crippen molar-refractivity contribution in [2.45, 2.75) is 0 Å². The maximum Gasteiger partial charge on any atom is 2.00 e. The fraction of sp³-hybridized carbons (Fsp3) is 0. The van der Waals surface area contributed by atoms with E-state index in [4.69, 9.17) is 0 Å². The first-order chi connectivity index (χ1) is 7.61. The first kappa shape index (κ1) is 15.0. The van der Waals surface area contributed by atoms with E-state index in [2.05, 4.69) is 8.83 Å². The van der Waals surface area contributed by atoms with Crippen molar-refractivity contribution in [2.75, 3.05) is 0 Å². The largest absolute Gasteiger partial charge is 2.00 e. The van der Waals surface area contributed by atoms with Crippen LogP contribution in [-0.2, 0) is 16.8 Å². The van der Waals surface area contributed by atoms with Crippen LogP contribution in [-0.4, -0.2) is 11.9 Å². The number of furan rings is 2. The molecule has 2 heterocycles. The van der Waals surface area contributed by atoms with Crippen LogP contribution in [0.15, 0.2) is 45.6 Å². The van der Waals surface area contributed by atoms with Gasteiger partial charge in [-0.1, -0.05) is 0 Å². The van der Waals surface area contributed by atoms with Crippen LogP contribution in [0.2, 0.25) is 0 Å². The van der Waals surface area contributed by atoms with Crippen LogP contribution >= 0.6 is 0 Å². The number of hydrogen-bond acceptors (Lipinski definition) is 6. The third-order valence-corrected chi connectivity index (χ3v) is 1.44. The van der Waals surface area contributed by atoms with Crippen LogP contribution in [0.25, 0.3) is 0 Å². The van der Waals surface area contributed by atoms with Crippen molar-refractivity contribution in [2.24, 2.45) is 0 Å². The molecule has 0 aromatic carbocycles. The fourth-order valence-electron chi connectivity index (χ4n) is 0.789. The van der Waals surface area contributed by atoms with E-state index in [1.54, 1.807) is 0 Å². The Morgan fingerprint density at radius 3 is 1.35 bits per heavy atom. The molecule has 17 heavy (non-hydrogen) atoms. The topological polar surface area (TPSA) is 107 Å². The van der Waals surface area contributed by atoms with Gasteiger partial charge in [0.15, 0.2) is 0 Å². The molecule has 2 aromatic rings. The summed E-state index contributed by atoms with van der Waals surface area (Å²) in [6.07, 6.45) is 2.57. The van der Waals surface area contributed by atoms with Crippen LogP contribution in [0, 0.1) is 0 Å². The maximum absolute atomic E-state index is 9.86. The molecule has 0 unspecified atom stereocenters. The molecule has 0 amide bonds. The number of carboxylic acids is 2. The normalized spacial score (nSPS) is 8.47. The van der Waals surface area contributed by atoms with Crippen molar-refractivity contribution in [3.63, 3.8) is 0 Å². The quantitative estimate of drug-likeness (QED) is 0.719. The van der Waals surface area contributed by atoms with E-state index >= 15 is 0 Å². The molecule has 7 heteroatoms. The van der Waals surface area contributed by atoms with Crippen molar-refractivity contribution < 1.29 is 45.4 Å². The molecule has 0 saturated heterocycles. The van der Waals surface area contributed by atoms with Crippen LogP contribution in [0.1, 0.15) is 21.1 Å². The zero-order chi connectivity index (χ0) is 12.0. The molecule has 2 rings (SSSR count). The van der Waals surface area contributed by atoms with Crippen molar-refractivity contribution >= 4 is 11.9 Å². The molecule has 6 nitrogen and oxygen atoms in total. The van der Waals surface area contributed by atoms with Gasteiger partial charge in [-0.3, -0.25) is 0 Å². The van der Waals surface area contributed by atoms with Crippen LogP contribution in [0.4, 0.5) is 0 Å². The van der Waals surface area contributed by atoms with Gasteiger partial charge in [0.2, 0.25) is 0 Å². The predicted octanol–water partition coefficient (Wildman–Crippen LogP) is -0.716. The summed E-state index contributed by atoms with van der Waals surface area (Å²) < 4.78 is 8.87. The van der Waals surface area contributed by atoms with Crippen molar-refractivity contribution in [3.8, 4) is 0 Å². The Balaban J connectivity index is 0.000000284. The average Bonchev–Trinajstić information content (AvgIpc) is 2.93. The Hall–Kier alpha value is -1.99. The maximum atomic E-state index is 9.86. The number of rotatable bonds is 2. The first-order valence-corrected chi connectivity index (χ1v) is 4.11. The summed E-state index contributed by atoms with van der Waals surface area (Å²) in [5.41, 5.74) is 0. The minimum absolute atomic E-state index is 0. The van der Waals surface area contributed by atoms with Gasteiger partial charge in [-0.25, -0.2) is 0 Å². The molecular formula is C10H6CoO6. The van der Waals surface area contributed by atoms with Gasteiger partial charge < -0.3 is 28.6 Å². The Kier molecular flexibility index (Phi) is 6.45. The summed E-state index contributed by atoms with van der Waals surface area (Å²) in [5, 5.41) is 19.7. The molecule has 0 aliphatic rings. The Bertz CT molecular complexity index is 401. The SMILES string of the molecule is O=C([O-])c1ccco1.O=C([O-])c1ccco1.[Co+2]. The number of carbonyl (C=O) groups excluding carboxylic acids is 2. The number of aromatic carboxylic acids is 2. The smallest absolute Gasteiger partial charge is 0.542 e. The van der Waals surface area contributed by atoms with Gasteiger partial charge in [0, 0.05) is 0 Å². The van der Waals surface area contributed by atoms with Gasteiger partial charge in [0.1, 0.15) is 23.5 Å². The molecule has 0 N–H and O–H groups in total. The second kappa shape index (κ2) is 7.31. The van der Waals surface area contributed by atoms with Gasteiger partial charge >= 0.3 is 16.8 Å². The summed E-state index contributed by atoms with van der Waals surface area (Å²) in [5.74, 6) is -2.83. The minimum atomic E-state index is -1.28. The number of carboxylic acid groups (broad SMARTS) is 2. The fourth-order valence-corrected chi connectivity index (χ4v) is 0.789. The molecule has 0 bridgehead atoms. The van der Waals surface area contributed by atoms with E-state index in [-0.39, 0.29) is 28.3 Å². The molecule has 91 valence electrons. The van der Waals surface area contributed by atoms with Crippen LogP contribution in [0.5, 0.6) is 0 Å². The standard InChI is InChI=1S/2C5H4O3.Co/c2*6-5(7)4-2-1-3-8-4;/h2*1-3H,(H,6,7);/q;;+2/p-2. The molecule has 0 spiro atoms. The number of carbonyl (C=O) groups is 2. The van der Waals surface area contributed by atoms with Crippen molar-refractivity contribution in [1.29, 1.82) is 0 Å². The molecule has 0 aliphatic carbocycles. The van der Waals surface area contributed by atoms with Gasteiger partial charge in [0.25, 0.3) is 0 Å². The van der Waals surface area contributed by atoms with E-state index in [0.717, 1.165) is 0 Å². The zero-order valence-electron chi connectivity index (χ0n) is 8.25. The second-order valence-electron chi connectivity index (χ2n) is 2.53. The van der Waals surface area contributed by atoms with Gasteiger partial charge in [-0.2, -0.15) is 0 Å². The summed E-state index contributed by atoms with van der Waals surface area (Å²) in [6.45, 7) is 0. The third-order valence-electron chi connectivity index (χ3n) is 1.44. The van der Waals surface area contributed by atoms with E-state index in [1.165, 1.54) is 36.8 Å². The first-order valence-electron chi connectivity index (χ1n) is 4.11. The van der Waals surface area contributed by atoms with Crippen LogP contribution in [0.3, 0.4) is 0 Å². The van der Waals surface area contributed by atoms with E-state index in [0.29, 0.717) is 0 Å². The van der Waals surface area contributed by atoms with E-state index in [1.807, 2.05) is 0 Å². The van der Waals surface area contributed by atoms with Crippen molar-refractivity contribution in [1.82, 2.24) is 0 Å². The molecule has 0 aliphatic heterocycles. The van der Waals surface area contributed by atoms with E-state index < -0.39 is 11.9 Å². The molecule has 2 aromatic heterocycles. The monoisotopic (exact) mass is 281 g/mol.